The van der Waals surface area contributed by atoms with Crippen molar-refractivity contribution in [2.75, 3.05) is 6.54 Å². The molecule has 3 unspecified atom stereocenters. The van der Waals surface area contributed by atoms with E-state index in [1.54, 1.807) is 6.20 Å². The fraction of sp³-hybridized carbons (Fsp3) is 0.409. The van der Waals surface area contributed by atoms with Crippen LogP contribution in [0.5, 0.6) is 0 Å². The number of guanidine groups is 1. The third-order valence-corrected chi connectivity index (χ3v) is 5.29. The van der Waals surface area contributed by atoms with Crippen LogP contribution in [0.25, 0.3) is 10.9 Å². The van der Waals surface area contributed by atoms with Gasteiger partial charge in [0.25, 0.3) is 0 Å². The Hall–Kier alpha value is -4.13. The molecule has 35 heavy (non-hydrogen) atoms. The van der Waals surface area contributed by atoms with Crippen LogP contribution >= 0.6 is 0 Å². The first-order valence-corrected chi connectivity index (χ1v) is 11.0. The van der Waals surface area contributed by atoms with E-state index in [1.807, 2.05) is 24.3 Å². The highest BCUT2D eigenvalue weighted by molar-refractivity contribution is 5.92. The number of nitrogens with zero attached hydrogens (tertiary/aromatic N) is 1. The number of H-pyrrole nitrogens is 1. The van der Waals surface area contributed by atoms with Crippen LogP contribution in [0.4, 0.5) is 0 Å². The van der Waals surface area contributed by atoms with E-state index in [2.05, 4.69) is 20.6 Å². The molecule has 2 amide bonds. The minimum absolute atomic E-state index is 0.0253. The van der Waals surface area contributed by atoms with Crippen LogP contribution < -0.4 is 27.8 Å². The second-order valence-corrected chi connectivity index (χ2v) is 8.01. The maximum Gasteiger partial charge on any atom is 0.326 e. The molecule has 0 aliphatic heterocycles. The van der Waals surface area contributed by atoms with Crippen molar-refractivity contribution in [3.63, 3.8) is 0 Å². The number of aliphatic imine (C=N–C) groups is 1. The van der Waals surface area contributed by atoms with Gasteiger partial charge in [0.1, 0.15) is 12.1 Å². The Morgan fingerprint density at radius 2 is 1.69 bits per heavy atom. The van der Waals surface area contributed by atoms with Crippen molar-refractivity contribution in [3.05, 3.63) is 36.0 Å². The van der Waals surface area contributed by atoms with Crippen molar-refractivity contribution in [1.29, 1.82) is 0 Å². The summed E-state index contributed by atoms with van der Waals surface area (Å²) in [7, 11) is 0. The molecule has 3 atom stereocenters. The monoisotopic (exact) mass is 489 g/mol. The van der Waals surface area contributed by atoms with Gasteiger partial charge in [-0.2, -0.15) is 0 Å². The number of carboxylic acid groups (broad SMARTS) is 2. The van der Waals surface area contributed by atoms with E-state index >= 15 is 0 Å². The fourth-order valence-electron chi connectivity index (χ4n) is 3.48. The number of aromatic nitrogens is 1. The average Bonchev–Trinajstić information content (AvgIpc) is 3.20. The number of aromatic amines is 1. The molecular weight excluding hydrogens is 458 g/mol. The Labute approximate surface area is 201 Å². The number of benzene rings is 1. The summed E-state index contributed by atoms with van der Waals surface area (Å²) >= 11 is 0. The summed E-state index contributed by atoms with van der Waals surface area (Å²) in [4.78, 5) is 54.9. The Morgan fingerprint density at radius 1 is 1.00 bits per heavy atom. The normalized spacial score (nSPS) is 13.4. The predicted octanol–water partition coefficient (Wildman–Crippen LogP) is -0.990. The minimum atomic E-state index is -1.29. The highest BCUT2D eigenvalue weighted by Gasteiger charge is 2.28. The van der Waals surface area contributed by atoms with Crippen LogP contribution in [0.2, 0.25) is 0 Å². The highest BCUT2D eigenvalue weighted by atomic mass is 16.4. The van der Waals surface area contributed by atoms with Gasteiger partial charge in [0.2, 0.25) is 11.8 Å². The molecule has 0 spiro atoms. The zero-order chi connectivity index (χ0) is 26.0. The first-order chi connectivity index (χ1) is 16.6. The summed E-state index contributed by atoms with van der Waals surface area (Å²) in [5.41, 5.74) is 18.2. The zero-order valence-electron chi connectivity index (χ0n) is 19.1. The van der Waals surface area contributed by atoms with E-state index in [0.717, 1.165) is 16.5 Å². The van der Waals surface area contributed by atoms with Gasteiger partial charge < -0.3 is 43.0 Å². The first-order valence-electron chi connectivity index (χ1n) is 11.0. The predicted molar refractivity (Wildman–Crippen MR) is 128 cm³/mol. The van der Waals surface area contributed by atoms with Gasteiger partial charge in [0, 0.05) is 30.1 Å². The highest BCUT2D eigenvalue weighted by Crippen LogP contribution is 2.18. The lowest BCUT2D eigenvalue weighted by Crippen LogP contribution is -2.54. The molecule has 1 heterocycles. The van der Waals surface area contributed by atoms with Gasteiger partial charge >= 0.3 is 11.9 Å². The van der Waals surface area contributed by atoms with Gasteiger partial charge in [-0.15, -0.1) is 0 Å². The number of carboxylic acids is 2. The largest absolute Gasteiger partial charge is 0.481 e. The lowest BCUT2D eigenvalue weighted by atomic mass is 10.0. The van der Waals surface area contributed by atoms with E-state index in [-0.39, 0.29) is 38.2 Å². The van der Waals surface area contributed by atoms with Crippen LogP contribution in [-0.4, -0.2) is 69.6 Å². The molecule has 2 aromatic rings. The van der Waals surface area contributed by atoms with Crippen molar-refractivity contribution < 1.29 is 29.4 Å². The Balaban J connectivity index is 2.04. The van der Waals surface area contributed by atoms with E-state index in [9.17, 15) is 24.3 Å². The van der Waals surface area contributed by atoms with Crippen LogP contribution in [0.1, 0.15) is 31.2 Å². The lowest BCUT2D eigenvalue weighted by Gasteiger charge is -2.22. The van der Waals surface area contributed by atoms with Gasteiger partial charge in [-0.1, -0.05) is 18.2 Å². The summed E-state index contributed by atoms with van der Waals surface area (Å²) in [5, 5.41) is 24.1. The maximum atomic E-state index is 12.8. The fourth-order valence-corrected chi connectivity index (χ4v) is 3.48. The zero-order valence-corrected chi connectivity index (χ0v) is 19.1. The van der Waals surface area contributed by atoms with Crippen LogP contribution in [0, 0.1) is 0 Å². The summed E-state index contributed by atoms with van der Waals surface area (Å²) in [6, 6.07) is 3.90. The van der Waals surface area contributed by atoms with Gasteiger partial charge in [-0.3, -0.25) is 19.4 Å². The third kappa shape index (κ3) is 8.62. The molecule has 2 rings (SSSR count). The number of amides is 2. The number of carbonyl (C=O) groups excluding carboxylic acids is 2. The number of aliphatic carboxylic acids is 2. The lowest BCUT2D eigenvalue weighted by molar-refractivity contribution is -0.143. The molecule has 1 aromatic carbocycles. The molecule has 0 aliphatic carbocycles. The molecule has 190 valence electrons. The first kappa shape index (κ1) is 27.1. The Morgan fingerprint density at radius 3 is 2.34 bits per heavy atom. The maximum absolute atomic E-state index is 12.8. The topological polar surface area (TPSA) is 239 Å². The molecule has 11 N–H and O–H groups in total. The van der Waals surface area contributed by atoms with Gasteiger partial charge in [0.15, 0.2) is 5.96 Å². The number of hydrogen-bond donors (Lipinski definition) is 8. The van der Waals surface area contributed by atoms with Gasteiger partial charge in [-0.05, 0) is 37.3 Å². The number of nitrogens with two attached hydrogens (primary N) is 3. The Bertz CT molecular complexity index is 1080. The van der Waals surface area contributed by atoms with E-state index in [4.69, 9.17) is 22.3 Å². The smallest absolute Gasteiger partial charge is 0.326 e. The molecule has 1 aromatic heterocycles. The summed E-state index contributed by atoms with van der Waals surface area (Å²) in [6.45, 7) is 0.170. The SMILES string of the molecule is NC(N)=NCCCC(NC(=O)C(CCC(=O)O)NC(=O)C(N)Cc1c[nH]c2ccccc12)C(=O)O. The molecule has 13 nitrogen and oxygen atoms in total. The second-order valence-electron chi connectivity index (χ2n) is 8.01. The average molecular weight is 490 g/mol. The van der Waals surface area contributed by atoms with Crippen molar-refractivity contribution in [3.8, 4) is 0 Å². The number of fused-ring (bicyclic) bond motifs is 1. The standard InChI is InChI=1S/C22H31N7O6/c23-14(10-12-11-27-15-5-2-1-4-13(12)15)19(32)28-16(7-8-18(30)31)20(33)29-17(21(34)35)6-3-9-26-22(24)25/h1-2,4-5,11,14,16-17,27H,3,6-10,23H2,(H,28,32)(H,29,33)(H,30,31)(H,34,35)(H4,24,25,26). The summed E-state index contributed by atoms with van der Waals surface area (Å²) < 4.78 is 0. The Kier molecular flexibility index (Phi) is 10.0. The number of nitrogens with one attached hydrogen (secondary N) is 3. The van der Waals surface area contributed by atoms with Crippen molar-refractivity contribution in [2.24, 2.45) is 22.2 Å². The van der Waals surface area contributed by atoms with E-state index in [1.165, 1.54) is 0 Å². The van der Waals surface area contributed by atoms with E-state index in [0.29, 0.717) is 0 Å². The molecular formula is C22H31N7O6. The minimum Gasteiger partial charge on any atom is -0.481 e. The summed E-state index contributed by atoms with van der Waals surface area (Å²) in [6.07, 6.45) is 1.55. The van der Waals surface area contributed by atoms with Crippen LogP contribution in [0.15, 0.2) is 35.5 Å². The summed E-state index contributed by atoms with van der Waals surface area (Å²) in [5.74, 6) is -4.09. The third-order valence-electron chi connectivity index (χ3n) is 5.29. The number of rotatable bonds is 14. The molecule has 13 heteroatoms. The van der Waals surface area contributed by atoms with Crippen molar-refractivity contribution in [1.82, 2.24) is 15.6 Å². The molecule has 0 fully saturated rings. The molecule has 0 aliphatic rings. The van der Waals surface area contributed by atoms with Crippen LogP contribution in [-0.2, 0) is 25.6 Å². The second kappa shape index (κ2) is 12.9. The van der Waals surface area contributed by atoms with E-state index < -0.39 is 48.3 Å². The molecule has 0 saturated carbocycles. The quantitative estimate of drug-likeness (QED) is 0.0921. The van der Waals surface area contributed by atoms with Crippen molar-refractivity contribution in [2.45, 2.75) is 50.2 Å². The molecule has 0 bridgehead atoms. The van der Waals surface area contributed by atoms with Gasteiger partial charge in [-0.25, -0.2) is 4.79 Å². The van der Waals surface area contributed by atoms with Gasteiger partial charge in [0.05, 0.1) is 6.04 Å². The molecule has 0 radical (unpaired) electrons. The van der Waals surface area contributed by atoms with Crippen LogP contribution in [0.3, 0.4) is 0 Å². The molecule has 0 saturated heterocycles. The number of hydrogen-bond acceptors (Lipinski definition) is 6. The number of carbonyl (C=O) groups is 4. The van der Waals surface area contributed by atoms with Crippen molar-refractivity contribution >= 4 is 40.6 Å². The number of para-hydroxylation sites is 1.